The predicted molar refractivity (Wildman–Crippen MR) is 84.2 cm³/mol. The van der Waals surface area contributed by atoms with Crippen molar-refractivity contribution in [2.24, 2.45) is 0 Å². The van der Waals surface area contributed by atoms with Crippen LogP contribution in [0.1, 0.15) is 51.1 Å². The van der Waals surface area contributed by atoms with Crippen molar-refractivity contribution in [2.75, 3.05) is 18.5 Å². The van der Waals surface area contributed by atoms with Gasteiger partial charge in [0.2, 0.25) is 0 Å². The molecule has 1 aromatic rings. The van der Waals surface area contributed by atoms with E-state index >= 15 is 0 Å². The molecule has 0 aliphatic carbocycles. The van der Waals surface area contributed by atoms with Gasteiger partial charge in [-0.2, -0.15) is 0 Å². The van der Waals surface area contributed by atoms with Crippen LogP contribution in [0.5, 0.6) is 0 Å². The Bertz CT molecular complexity index is 419. The highest BCUT2D eigenvalue weighted by Crippen LogP contribution is 2.31. The van der Waals surface area contributed by atoms with E-state index in [9.17, 15) is 0 Å². The first-order valence-corrected chi connectivity index (χ1v) is 7.78. The average molecular weight is 281 g/mol. The van der Waals surface area contributed by atoms with Gasteiger partial charge in [0.15, 0.2) is 0 Å². The molecule has 1 fully saturated rings. The summed E-state index contributed by atoms with van der Waals surface area (Å²) in [7, 11) is 1.96. The number of anilines is 1. The van der Waals surface area contributed by atoms with Crippen molar-refractivity contribution in [3.63, 3.8) is 0 Å². The molecule has 0 saturated carbocycles. The SMILES string of the molecule is CCC1CCCCN1c1ccc(C(C)NC)c(Cl)c1. The quantitative estimate of drug-likeness (QED) is 0.880. The van der Waals surface area contributed by atoms with Crippen molar-refractivity contribution in [2.45, 2.75) is 51.6 Å². The fourth-order valence-electron chi connectivity index (χ4n) is 2.97. The smallest absolute Gasteiger partial charge is 0.0474 e. The lowest BCUT2D eigenvalue weighted by molar-refractivity contribution is 0.450. The highest BCUT2D eigenvalue weighted by Gasteiger charge is 2.21. The van der Waals surface area contributed by atoms with Crippen molar-refractivity contribution in [1.82, 2.24) is 5.32 Å². The molecule has 1 aliphatic heterocycles. The molecule has 106 valence electrons. The standard InChI is InChI=1S/C16H25ClN2/c1-4-13-7-5-6-10-19(13)14-8-9-15(12(2)18-3)16(17)11-14/h8-9,11-13,18H,4-7,10H2,1-3H3. The third kappa shape index (κ3) is 3.24. The number of rotatable bonds is 4. The number of hydrogen-bond donors (Lipinski definition) is 1. The van der Waals surface area contributed by atoms with E-state index in [1.165, 1.54) is 36.9 Å². The van der Waals surface area contributed by atoms with Gasteiger partial charge in [0.05, 0.1) is 0 Å². The van der Waals surface area contributed by atoms with Gasteiger partial charge in [-0.15, -0.1) is 0 Å². The van der Waals surface area contributed by atoms with E-state index in [0.29, 0.717) is 12.1 Å². The minimum Gasteiger partial charge on any atom is -0.369 e. The Labute approximate surface area is 122 Å². The average Bonchev–Trinajstić information content (AvgIpc) is 2.46. The van der Waals surface area contributed by atoms with Crippen molar-refractivity contribution in [3.8, 4) is 0 Å². The number of halogens is 1. The summed E-state index contributed by atoms with van der Waals surface area (Å²) in [6, 6.07) is 7.50. The van der Waals surface area contributed by atoms with E-state index in [-0.39, 0.29) is 0 Å². The monoisotopic (exact) mass is 280 g/mol. The maximum atomic E-state index is 6.45. The molecule has 2 rings (SSSR count). The highest BCUT2D eigenvalue weighted by molar-refractivity contribution is 6.31. The van der Waals surface area contributed by atoms with E-state index in [1.54, 1.807) is 0 Å². The fourth-order valence-corrected chi connectivity index (χ4v) is 3.30. The first kappa shape index (κ1) is 14.7. The molecule has 1 aliphatic rings. The van der Waals surface area contributed by atoms with Crippen molar-refractivity contribution in [3.05, 3.63) is 28.8 Å². The molecule has 19 heavy (non-hydrogen) atoms. The molecule has 3 heteroatoms. The van der Waals surface area contributed by atoms with Gasteiger partial charge in [0, 0.05) is 29.3 Å². The summed E-state index contributed by atoms with van der Waals surface area (Å²) >= 11 is 6.45. The Morgan fingerprint density at radius 1 is 1.42 bits per heavy atom. The first-order valence-electron chi connectivity index (χ1n) is 7.40. The summed E-state index contributed by atoms with van der Waals surface area (Å²) in [4.78, 5) is 2.53. The van der Waals surface area contributed by atoms with Crippen LogP contribution in [0.2, 0.25) is 5.02 Å². The minimum absolute atomic E-state index is 0.296. The Balaban J connectivity index is 2.23. The largest absolute Gasteiger partial charge is 0.369 e. The first-order chi connectivity index (χ1) is 9.17. The summed E-state index contributed by atoms with van der Waals surface area (Å²) < 4.78 is 0. The Morgan fingerprint density at radius 2 is 2.21 bits per heavy atom. The fraction of sp³-hybridized carbons (Fsp3) is 0.625. The number of benzene rings is 1. The van der Waals surface area contributed by atoms with Crippen molar-refractivity contribution in [1.29, 1.82) is 0 Å². The lowest BCUT2D eigenvalue weighted by Gasteiger charge is -2.37. The Kier molecular flexibility index (Phi) is 5.12. The van der Waals surface area contributed by atoms with E-state index in [1.807, 2.05) is 7.05 Å². The van der Waals surface area contributed by atoms with Gasteiger partial charge in [-0.05, 0) is 57.4 Å². The Morgan fingerprint density at radius 3 is 2.84 bits per heavy atom. The van der Waals surface area contributed by atoms with Crippen LogP contribution >= 0.6 is 11.6 Å². The number of nitrogens with zero attached hydrogens (tertiary/aromatic N) is 1. The van der Waals surface area contributed by atoms with Crippen molar-refractivity contribution >= 4 is 17.3 Å². The normalized spacial score (nSPS) is 21.5. The van der Waals surface area contributed by atoms with E-state index < -0.39 is 0 Å². The third-order valence-electron chi connectivity index (χ3n) is 4.31. The van der Waals surface area contributed by atoms with Crippen LogP contribution in [0, 0.1) is 0 Å². The predicted octanol–water partition coefficient (Wildman–Crippen LogP) is 4.39. The van der Waals surface area contributed by atoms with Gasteiger partial charge >= 0.3 is 0 Å². The lowest BCUT2D eigenvalue weighted by atomic mass is 9.98. The number of piperidine rings is 1. The molecule has 1 N–H and O–H groups in total. The van der Waals surface area contributed by atoms with E-state index in [0.717, 1.165) is 11.6 Å². The molecule has 0 amide bonds. The zero-order chi connectivity index (χ0) is 13.8. The molecule has 2 unspecified atom stereocenters. The van der Waals surface area contributed by atoms with Gasteiger partial charge in [-0.3, -0.25) is 0 Å². The van der Waals surface area contributed by atoms with E-state index in [2.05, 4.69) is 42.3 Å². The van der Waals surface area contributed by atoms with Crippen LogP contribution in [0.25, 0.3) is 0 Å². The van der Waals surface area contributed by atoms with Crippen LogP contribution in [0.15, 0.2) is 18.2 Å². The highest BCUT2D eigenvalue weighted by atomic mass is 35.5. The summed E-state index contributed by atoms with van der Waals surface area (Å²) in [6.45, 7) is 5.58. The van der Waals surface area contributed by atoms with Crippen LogP contribution in [0.3, 0.4) is 0 Å². The molecule has 1 saturated heterocycles. The molecule has 1 aromatic carbocycles. The second-order valence-electron chi connectivity index (χ2n) is 5.47. The third-order valence-corrected chi connectivity index (χ3v) is 4.64. The molecular formula is C16H25ClN2. The molecule has 0 aromatic heterocycles. The van der Waals surface area contributed by atoms with E-state index in [4.69, 9.17) is 11.6 Å². The van der Waals surface area contributed by atoms with Crippen LogP contribution in [-0.2, 0) is 0 Å². The summed E-state index contributed by atoms with van der Waals surface area (Å²) in [5, 5.41) is 4.12. The van der Waals surface area contributed by atoms with Gasteiger partial charge in [-0.1, -0.05) is 24.6 Å². The summed E-state index contributed by atoms with van der Waals surface area (Å²) in [6.07, 6.45) is 5.18. The maximum absolute atomic E-state index is 6.45. The molecule has 2 atom stereocenters. The topological polar surface area (TPSA) is 15.3 Å². The lowest BCUT2D eigenvalue weighted by Crippen LogP contribution is -2.39. The van der Waals surface area contributed by atoms with Crippen LogP contribution < -0.4 is 10.2 Å². The van der Waals surface area contributed by atoms with Crippen LogP contribution in [-0.4, -0.2) is 19.6 Å². The minimum atomic E-state index is 0.296. The van der Waals surface area contributed by atoms with Gasteiger partial charge in [-0.25, -0.2) is 0 Å². The second kappa shape index (κ2) is 6.62. The van der Waals surface area contributed by atoms with Gasteiger partial charge in [0.25, 0.3) is 0 Å². The maximum Gasteiger partial charge on any atom is 0.0474 e. The number of nitrogens with one attached hydrogen (secondary N) is 1. The molecule has 1 heterocycles. The zero-order valence-corrected chi connectivity index (χ0v) is 13.0. The van der Waals surface area contributed by atoms with Crippen LogP contribution in [0.4, 0.5) is 5.69 Å². The molecule has 0 bridgehead atoms. The zero-order valence-electron chi connectivity index (χ0n) is 12.2. The molecule has 0 spiro atoms. The molecular weight excluding hydrogens is 256 g/mol. The number of hydrogen-bond acceptors (Lipinski definition) is 2. The van der Waals surface area contributed by atoms with Gasteiger partial charge < -0.3 is 10.2 Å². The van der Waals surface area contributed by atoms with Crippen molar-refractivity contribution < 1.29 is 0 Å². The summed E-state index contributed by atoms with van der Waals surface area (Å²) in [5.74, 6) is 0. The summed E-state index contributed by atoms with van der Waals surface area (Å²) in [5.41, 5.74) is 2.46. The van der Waals surface area contributed by atoms with Gasteiger partial charge in [0.1, 0.15) is 0 Å². The second-order valence-corrected chi connectivity index (χ2v) is 5.87. The Hall–Kier alpha value is -0.730. The molecule has 0 radical (unpaired) electrons. The molecule has 2 nitrogen and oxygen atoms in total.